The normalized spacial score (nSPS) is 21.1. The molecule has 1 N–H and O–H groups in total. The summed E-state index contributed by atoms with van der Waals surface area (Å²) in [6.45, 7) is 3.18. The fourth-order valence-corrected chi connectivity index (χ4v) is 2.97. The SMILES string of the molecule is Cc1cnccc1CNC(=O)[C@@H]1CCCO[C@H]1c1nccn1C. The van der Waals surface area contributed by atoms with Gasteiger partial charge in [-0.25, -0.2) is 4.98 Å². The van der Waals surface area contributed by atoms with Crippen molar-refractivity contribution >= 4 is 5.91 Å². The lowest BCUT2D eigenvalue weighted by atomic mass is 9.92. The fraction of sp³-hybridized carbons (Fsp3) is 0.471. The van der Waals surface area contributed by atoms with E-state index in [0.717, 1.165) is 29.8 Å². The summed E-state index contributed by atoms with van der Waals surface area (Å²) in [6, 6.07) is 1.93. The van der Waals surface area contributed by atoms with Gasteiger partial charge in [-0.3, -0.25) is 9.78 Å². The van der Waals surface area contributed by atoms with Crippen molar-refractivity contribution in [3.63, 3.8) is 0 Å². The number of hydrogen-bond acceptors (Lipinski definition) is 4. The number of carbonyl (C=O) groups is 1. The lowest BCUT2D eigenvalue weighted by molar-refractivity contribution is -0.135. The number of rotatable bonds is 4. The standard InChI is InChI=1S/C17H22N4O2/c1-12-10-18-6-5-13(12)11-20-17(22)14-4-3-9-23-15(14)16-19-7-8-21(16)2/h5-8,10,14-15H,3-4,9,11H2,1-2H3,(H,20,22)/t14-,15-/m1/s1. The van der Waals surface area contributed by atoms with Crippen LogP contribution in [0.15, 0.2) is 30.9 Å². The molecular formula is C17H22N4O2. The van der Waals surface area contributed by atoms with Crippen molar-refractivity contribution in [1.82, 2.24) is 19.9 Å². The third-order valence-corrected chi connectivity index (χ3v) is 4.36. The van der Waals surface area contributed by atoms with E-state index in [0.29, 0.717) is 13.2 Å². The number of hydrogen-bond donors (Lipinski definition) is 1. The molecule has 3 heterocycles. The van der Waals surface area contributed by atoms with Crippen molar-refractivity contribution in [3.05, 3.63) is 47.8 Å². The van der Waals surface area contributed by atoms with E-state index in [-0.39, 0.29) is 17.9 Å². The zero-order valence-corrected chi connectivity index (χ0v) is 13.5. The largest absolute Gasteiger partial charge is 0.369 e. The Hall–Kier alpha value is -2.21. The molecule has 0 radical (unpaired) electrons. The van der Waals surface area contributed by atoms with Crippen molar-refractivity contribution in [2.75, 3.05) is 6.61 Å². The van der Waals surface area contributed by atoms with Crippen LogP contribution in [-0.2, 0) is 23.1 Å². The molecule has 0 aliphatic carbocycles. The van der Waals surface area contributed by atoms with Gasteiger partial charge in [0.15, 0.2) is 0 Å². The maximum atomic E-state index is 12.7. The predicted octanol–water partition coefficient (Wildman–Crippen LogP) is 1.91. The van der Waals surface area contributed by atoms with Crippen LogP contribution in [0.3, 0.4) is 0 Å². The molecule has 1 saturated heterocycles. The third kappa shape index (κ3) is 3.42. The molecule has 2 aromatic rings. The highest BCUT2D eigenvalue weighted by Crippen LogP contribution is 2.32. The highest BCUT2D eigenvalue weighted by Gasteiger charge is 2.35. The molecule has 2 atom stereocenters. The molecule has 0 bridgehead atoms. The number of nitrogens with one attached hydrogen (secondary N) is 1. The van der Waals surface area contributed by atoms with Crippen LogP contribution in [0.25, 0.3) is 0 Å². The van der Waals surface area contributed by atoms with Crippen LogP contribution in [0.5, 0.6) is 0 Å². The molecule has 2 aromatic heterocycles. The number of aromatic nitrogens is 3. The van der Waals surface area contributed by atoms with E-state index in [1.165, 1.54) is 0 Å². The van der Waals surface area contributed by atoms with Crippen LogP contribution in [0.2, 0.25) is 0 Å². The van der Waals surface area contributed by atoms with Crippen LogP contribution in [0.1, 0.15) is 35.9 Å². The number of pyridine rings is 1. The molecule has 3 rings (SSSR count). The number of aryl methyl sites for hydroxylation is 2. The number of ether oxygens (including phenoxy) is 1. The van der Waals surface area contributed by atoms with Gasteiger partial charge in [-0.05, 0) is 37.0 Å². The van der Waals surface area contributed by atoms with Gasteiger partial charge in [0, 0.05) is 45.0 Å². The summed E-state index contributed by atoms with van der Waals surface area (Å²) in [5, 5.41) is 3.04. The first kappa shape index (κ1) is 15.7. The fourth-order valence-electron chi connectivity index (χ4n) is 2.97. The van der Waals surface area contributed by atoms with Gasteiger partial charge in [0.25, 0.3) is 0 Å². The van der Waals surface area contributed by atoms with Crippen molar-refractivity contribution < 1.29 is 9.53 Å². The van der Waals surface area contributed by atoms with Gasteiger partial charge in [-0.1, -0.05) is 0 Å². The molecule has 0 saturated carbocycles. The van der Waals surface area contributed by atoms with E-state index in [9.17, 15) is 4.79 Å². The molecule has 1 amide bonds. The Morgan fingerprint density at radius 2 is 2.35 bits per heavy atom. The number of carbonyl (C=O) groups excluding carboxylic acids is 1. The summed E-state index contributed by atoms with van der Waals surface area (Å²) in [4.78, 5) is 21.1. The highest BCUT2D eigenvalue weighted by atomic mass is 16.5. The van der Waals surface area contributed by atoms with Crippen LogP contribution in [0, 0.1) is 12.8 Å². The Kier molecular flexibility index (Phi) is 4.71. The first-order chi connectivity index (χ1) is 11.2. The van der Waals surface area contributed by atoms with Crippen molar-refractivity contribution in [2.24, 2.45) is 13.0 Å². The number of imidazole rings is 1. The van der Waals surface area contributed by atoms with E-state index in [1.54, 1.807) is 12.4 Å². The van der Waals surface area contributed by atoms with E-state index >= 15 is 0 Å². The highest BCUT2D eigenvalue weighted by molar-refractivity contribution is 5.79. The summed E-state index contributed by atoms with van der Waals surface area (Å²) in [6.07, 6.45) is 8.61. The lowest BCUT2D eigenvalue weighted by Crippen LogP contribution is -2.38. The molecule has 122 valence electrons. The van der Waals surface area contributed by atoms with E-state index in [1.807, 2.05) is 37.0 Å². The Morgan fingerprint density at radius 3 is 3.09 bits per heavy atom. The smallest absolute Gasteiger partial charge is 0.226 e. The lowest BCUT2D eigenvalue weighted by Gasteiger charge is -2.30. The third-order valence-electron chi connectivity index (χ3n) is 4.36. The maximum Gasteiger partial charge on any atom is 0.226 e. The molecule has 23 heavy (non-hydrogen) atoms. The quantitative estimate of drug-likeness (QED) is 0.936. The molecule has 1 aliphatic heterocycles. The van der Waals surface area contributed by atoms with Gasteiger partial charge in [0.2, 0.25) is 5.91 Å². The number of amides is 1. The van der Waals surface area contributed by atoms with Gasteiger partial charge < -0.3 is 14.6 Å². The summed E-state index contributed by atoms with van der Waals surface area (Å²) >= 11 is 0. The van der Waals surface area contributed by atoms with Gasteiger partial charge in [0.05, 0.1) is 5.92 Å². The van der Waals surface area contributed by atoms with E-state index in [2.05, 4.69) is 15.3 Å². The summed E-state index contributed by atoms with van der Waals surface area (Å²) in [5.74, 6) is 0.630. The average molecular weight is 314 g/mol. The summed E-state index contributed by atoms with van der Waals surface area (Å²) in [5.41, 5.74) is 2.16. The van der Waals surface area contributed by atoms with E-state index < -0.39 is 0 Å². The maximum absolute atomic E-state index is 12.7. The van der Waals surface area contributed by atoms with Crippen molar-refractivity contribution in [1.29, 1.82) is 0 Å². The summed E-state index contributed by atoms with van der Waals surface area (Å²) < 4.78 is 7.78. The zero-order chi connectivity index (χ0) is 16.2. The van der Waals surface area contributed by atoms with Crippen LogP contribution >= 0.6 is 0 Å². The van der Waals surface area contributed by atoms with Crippen LogP contribution in [0.4, 0.5) is 0 Å². The molecule has 1 aliphatic rings. The molecule has 0 spiro atoms. The van der Waals surface area contributed by atoms with Gasteiger partial charge >= 0.3 is 0 Å². The Bertz CT molecular complexity index is 683. The van der Waals surface area contributed by atoms with Crippen molar-refractivity contribution in [3.8, 4) is 0 Å². The molecule has 6 nitrogen and oxygen atoms in total. The molecule has 0 unspecified atom stereocenters. The molecule has 0 aromatic carbocycles. The molecule has 1 fully saturated rings. The molecular weight excluding hydrogens is 292 g/mol. The topological polar surface area (TPSA) is 69.0 Å². The van der Waals surface area contributed by atoms with Crippen LogP contribution in [-0.4, -0.2) is 27.0 Å². The minimum absolute atomic E-state index is 0.0221. The van der Waals surface area contributed by atoms with Crippen LogP contribution < -0.4 is 5.32 Å². The minimum Gasteiger partial charge on any atom is -0.369 e. The Balaban J connectivity index is 1.69. The predicted molar refractivity (Wildman–Crippen MR) is 85.4 cm³/mol. The molecule has 6 heteroatoms. The van der Waals surface area contributed by atoms with Crippen molar-refractivity contribution in [2.45, 2.75) is 32.4 Å². The second kappa shape index (κ2) is 6.91. The minimum atomic E-state index is -0.276. The van der Waals surface area contributed by atoms with Gasteiger partial charge in [-0.2, -0.15) is 0 Å². The second-order valence-electron chi connectivity index (χ2n) is 5.96. The zero-order valence-electron chi connectivity index (χ0n) is 13.5. The first-order valence-electron chi connectivity index (χ1n) is 7.93. The Morgan fingerprint density at radius 1 is 1.48 bits per heavy atom. The Labute approximate surface area is 135 Å². The summed E-state index contributed by atoms with van der Waals surface area (Å²) in [7, 11) is 1.93. The monoisotopic (exact) mass is 314 g/mol. The second-order valence-corrected chi connectivity index (χ2v) is 5.96. The number of nitrogens with zero attached hydrogens (tertiary/aromatic N) is 3. The average Bonchev–Trinajstić information content (AvgIpc) is 3.00. The van der Waals surface area contributed by atoms with Gasteiger partial charge in [-0.15, -0.1) is 0 Å². The van der Waals surface area contributed by atoms with Gasteiger partial charge in [0.1, 0.15) is 11.9 Å². The first-order valence-corrected chi connectivity index (χ1v) is 7.93. The van der Waals surface area contributed by atoms with E-state index in [4.69, 9.17) is 4.74 Å².